The summed E-state index contributed by atoms with van der Waals surface area (Å²) in [6.45, 7) is 0. The van der Waals surface area contributed by atoms with Crippen LogP contribution in [0.2, 0.25) is 0 Å². The molecule has 10 heavy (non-hydrogen) atoms. The van der Waals surface area contributed by atoms with Crippen molar-refractivity contribution in [3.63, 3.8) is 0 Å². The lowest BCUT2D eigenvalue weighted by Crippen LogP contribution is -2.02. The molecule has 0 atom stereocenters. The number of hydrogen-bond donors (Lipinski definition) is 2. The molecule has 6 heteroatoms. The number of aliphatic hydroxyl groups is 1. The first-order valence-electron chi connectivity index (χ1n) is 2.18. The lowest BCUT2D eigenvalue weighted by Gasteiger charge is -1.92. The third-order valence-electron chi connectivity index (χ3n) is 0.694. The van der Waals surface area contributed by atoms with Crippen LogP contribution in [0.4, 0.5) is 0 Å². The number of halogens is 1. The van der Waals surface area contributed by atoms with Crippen molar-refractivity contribution in [1.29, 1.82) is 0 Å². The Morgan fingerprint density at radius 2 is 2.00 bits per heavy atom. The highest BCUT2D eigenvalue weighted by Crippen LogP contribution is 2.05. The molecule has 0 amide bonds. The van der Waals surface area contributed by atoms with Gasteiger partial charge in [0.1, 0.15) is 5.76 Å². The van der Waals surface area contributed by atoms with Gasteiger partial charge in [0.25, 0.3) is 0 Å². The molecular formula is C4H4BrNO4. The maximum atomic E-state index is 10.00. The smallest absolute Gasteiger partial charge is 0.361 e. The predicted octanol–water partition coefficient (Wildman–Crippen LogP) is 1.00. The molecule has 0 aromatic heterocycles. The number of carboxylic acid groups (broad SMARTS) is 1. The van der Waals surface area contributed by atoms with E-state index in [0.717, 1.165) is 0 Å². The van der Waals surface area contributed by atoms with E-state index in [0.29, 0.717) is 0 Å². The van der Waals surface area contributed by atoms with Crippen LogP contribution in [0.1, 0.15) is 0 Å². The van der Waals surface area contributed by atoms with E-state index in [1.165, 1.54) is 0 Å². The zero-order chi connectivity index (χ0) is 8.15. The van der Waals surface area contributed by atoms with Crippen molar-refractivity contribution >= 4 is 21.9 Å². The number of rotatable bonds is 3. The van der Waals surface area contributed by atoms with E-state index < -0.39 is 17.4 Å². The summed E-state index contributed by atoms with van der Waals surface area (Å²) >= 11 is 2.75. The average Bonchev–Trinajstić information content (AvgIpc) is 1.88. The zero-order valence-corrected chi connectivity index (χ0v) is 6.33. The molecule has 0 fully saturated rings. The lowest BCUT2D eigenvalue weighted by molar-refractivity contribution is -0.132. The second-order valence-corrected chi connectivity index (χ2v) is 1.89. The fraction of sp³-hybridized carbons (Fsp3) is 0.250. The fourth-order valence-corrected chi connectivity index (χ4v) is 0.544. The summed E-state index contributed by atoms with van der Waals surface area (Å²) in [6.07, 6.45) is 0. The molecule has 0 aromatic rings. The van der Waals surface area contributed by atoms with Gasteiger partial charge in [0.15, 0.2) is 0 Å². The Morgan fingerprint density at radius 3 is 2.10 bits per heavy atom. The van der Waals surface area contributed by atoms with Gasteiger partial charge < -0.3 is 10.2 Å². The number of aliphatic carboxylic acids is 1. The SMILES string of the molecule is O=NC(C(=O)O)=C(O)CBr. The van der Waals surface area contributed by atoms with E-state index in [1.54, 1.807) is 0 Å². The first-order valence-corrected chi connectivity index (χ1v) is 3.30. The van der Waals surface area contributed by atoms with Gasteiger partial charge in [0.2, 0.25) is 5.70 Å². The molecule has 0 saturated heterocycles. The lowest BCUT2D eigenvalue weighted by atomic mass is 10.4. The normalized spacial score (nSPS) is 12.1. The summed E-state index contributed by atoms with van der Waals surface area (Å²) in [5, 5.41) is 18.8. The van der Waals surface area contributed by atoms with Crippen molar-refractivity contribution in [1.82, 2.24) is 0 Å². The number of aliphatic hydroxyl groups excluding tert-OH is 1. The fourth-order valence-electron chi connectivity index (χ4n) is 0.278. The second-order valence-electron chi connectivity index (χ2n) is 1.33. The topological polar surface area (TPSA) is 87.0 Å². The number of alkyl halides is 1. The quantitative estimate of drug-likeness (QED) is 0.315. The Bertz CT molecular complexity index is 188. The average molecular weight is 210 g/mol. The molecule has 0 aromatic carbocycles. The standard InChI is InChI=1S/C4H4BrNO4/c5-1-2(7)3(6-10)4(8)9/h7H,1H2,(H,8,9). The highest BCUT2D eigenvalue weighted by molar-refractivity contribution is 9.09. The van der Waals surface area contributed by atoms with Crippen molar-refractivity contribution < 1.29 is 15.0 Å². The minimum atomic E-state index is -1.54. The number of hydrogen-bond acceptors (Lipinski definition) is 4. The van der Waals surface area contributed by atoms with Gasteiger partial charge in [-0.3, -0.25) is 0 Å². The van der Waals surface area contributed by atoms with E-state index in [9.17, 15) is 9.70 Å². The Labute approximate surface area is 64.5 Å². The highest BCUT2D eigenvalue weighted by atomic mass is 79.9. The molecular weight excluding hydrogens is 206 g/mol. The Balaban J connectivity index is 4.62. The summed E-state index contributed by atoms with van der Waals surface area (Å²) < 4.78 is 0. The molecule has 0 radical (unpaired) electrons. The molecule has 0 saturated carbocycles. The van der Waals surface area contributed by atoms with Crippen molar-refractivity contribution in [2.45, 2.75) is 0 Å². The first-order chi connectivity index (χ1) is 4.63. The molecule has 0 aliphatic rings. The van der Waals surface area contributed by atoms with Gasteiger partial charge in [0.05, 0.1) is 5.33 Å². The van der Waals surface area contributed by atoms with Crippen LogP contribution in [0, 0.1) is 4.91 Å². The highest BCUT2D eigenvalue weighted by Gasteiger charge is 2.13. The molecule has 0 unspecified atom stereocenters. The number of carboxylic acids is 1. The molecule has 56 valence electrons. The van der Waals surface area contributed by atoms with Crippen molar-refractivity contribution in [3.05, 3.63) is 16.4 Å². The third kappa shape index (κ3) is 2.14. The summed E-state index contributed by atoms with van der Waals surface area (Å²) in [5.41, 5.74) is -0.864. The van der Waals surface area contributed by atoms with Crippen molar-refractivity contribution in [2.24, 2.45) is 5.18 Å². The molecule has 5 nitrogen and oxygen atoms in total. The summed E-state index contributed by atoms with van der Waals surface area (Å²) in [6, 6.07) is 0. The number of nitroso groups, excluding NO2 is 1. The van der Waals surface area contributed by atoms with E-state index in [-0.39, 0.29) is 5.33 Å². The van der Waals surface area contributed by atoms with Gasteiger partial charge >= 0.3 is 5.97 Å². The van der Waals surface area contributed by atoms with Crippen LogP contribution in [-0.2, 0) is 4.79 Å². The van der Waals surface area contributed by atoms with E-state index in [2.05, 4.69) is 21.1 Å². The summed E-state index contributed by atoms with van der Waals surface area (Å²) in [7, 11) is 0. The molecule has 0 rings (SSSR count). The monoisotopic (exact) mass is 209 g/mol. The van der Waals surface area contributed by atoms with Gasteiger partial charge in [0, 0.05) is 0 Å². The van der Waals surface area contributed by atoms with Gasteiger partial charge in [-0.05, 0) is 5.18 Å². The van der Waals surface area contributed by atoms with Gasteiger partial charge in [-0.2, -0.15) is 0 Å². The van der Waals surface area contributed by atoms with Crippen LogP contribution in [0.25, 0.3) is 0 Å². The van der Waals surface area contributed by atoms with Gasteiger partial charge in [-0.25, -0.2) is 4.79 Å². The third-order valence-corrected chi connectivity index (χ3v) is 1.22. The Hall–Kier alpha value is -0.910. The summed E-state index contributed by atoms with van der Waals surface area (Å²) in [5.74, 6) is -2.12. The minimum absolute atomic E-state index is 0.0969. The van der Waals surface area contributed by atoms with Crippen LogP contribution in [-0.4, -0.2) is 21.5 Å². The number of carbonyl (C=O) groups is 1. The number of allylic oxidation sites excluding steroid dienone is 1. The van der Waals surface area contributed by atoms with Crippen molar-refractivity contribution in [2.75, 3.05) is 5.33 Å². The largest absolute Gasteiger partial charge is 0.509 e. The molecule has 2 N–H and O–H groups in total. The minimum Gasteiger partial charge on any atom is -0.509 e. The molecule has 0 aliphatic heterocycles. The zero-order valence-electron chi connectivity index (χ0n) is 4.74. The summed E-state index contributed by atoms with van der Waals surface area (Å²) in [4.78, 5) is 19.7. The Morgan fingerprint density at radius 1 is 1.50 bits per heavy atom. The maximum Gasteiger partial charge on any atom is 0.361 e. The van der Waals surface area contributed by atoms with Crippen LogP contribution in [0.5, 0.6) is 0 Å². The second kappa shape index (κ2) is 3.99. The van der Waals surface area contributed by atoms with Gasteiger partial charge in [-0.1, -0.05) is 15.9 Å². The molecule has 0 spiro atoms. The van der Waals surface area contributed by atoms with Crippen molar-refractivity contribution in [3.8, 4) is 0 Å². The van der Waals surface area contributed by atoms with Crippen LogP contribution in [0.3, 0.4) is 0 Å². The van der Waals surface area contributed by atoms with Gasteiger partial charge in [-0.15, -0.1) is 4.91 Å². The van der Waals surface area contributed by atoms with E-state index >= 15 is 0 Å². The maximum absolute atomic E-state index is 10.00. The predicted molar refractivity (Wildman–Crippen MR) is 36.9 cm³/mol. The molecule has 0 heterocycles. The van der Waals surface area contributed by atoms with Crippen LogP contribution < -0.4 is 0 Å². The van der Waals surface area contributed by atoms with E-state index in [1.807, 2.05) is 0 Å². The first kappa shape index (κ1) is 9.09. The Kier molecular flexibility index (Phi) is 3.63. The van der Waals surface area contributed by atoms with Crippen LogP contribution >= 0.6 is 15.9 Å². The number of nitrogens with zero attached hydrogens (tertiary/aromatic N) is 1. The van der Waals surface area contributed by atoms with E-state index in [4.69, 9.17) is 10.2 Å². The molecule has 0 aliphatic carbocycles. The molecule has 0 bridgehead atoms. The van der Waals surface area contributed by atoms with Crippen LogP contribution in [0.15, 0.2) is 16.6 Å².